The van der Waals surface area contributed by atoms with Gasteiger partial charge in [0.1, 0.15) is 5.82 Å². The number of aliphatic hydroxyl groups excluding tert-OH is 1. The van der Waals surface area contributed by atoms with Crippen molar-refractivity contribution in [1.82, 2.24) is 14.9 Å². The fourth-order valence-corrected chi connectivity index (χ4v) is 2.77. The number of nitrogens with zero attached hydrogens (tertiary/aromatic N) is 2. The smallest absolute Gasteiger partial charge is 0.251 e. The summed E-state index contributed by atoms with van der Waals surface area (Å²) >= 11 is 0. The van der Waals surface area contributed by atoms with Crippen molar-refractivity contribution < 1.29 is 5.11 Å². The molecule has 2 heterocycles. The molecule has 106 valence electrons. The van der Waals surface area contributed by atoms with Gasteiger partial charge in [0, 0.05) is 24.4 Å². The second-order valence-electron chi connectivity index (χ2n) is 5.17. The standard InChI is InChI=1S/C14H23N3O2/c1-2-11-9-14(19)16-13(15-11)10-17-7-3-5-12(17)6-4-8-18/h9,12,18H,2-8,10H2,1H3,(H,15,16,19). The number of H-pyrrole nitrogens is 1. The van der Waals surface area contributed by atoms with Gasteiger partial charge in [-0.3, -0.25) is 9.69 Å². The molecular formula is C14H23N3O2. The van der Waals surface area contributed by atoms with Crippen LogP contribution in [0, 0.1) is 0 Å². The van der Waals surface area contributed by atoms with Gasteiger partial charge in [-0.2, -0.15) is 0 Å². The number of aliphatic hydroxyl groups is 1. The molecule has 0 amide bonds. The van der Waals surface area contributed by atoms with Gasteiger partial charge in [-0.1, -0.05) is 6.92 Å². The first-order valence-corrected chi connectivity index (χ1v) is 7.17. The van der Waals surface area contributed by atoms with Crippen LogP contribution in [-0.2, 0) is 13.0 Å². The highest BCUT2D eigenvalue weighted by atomic mass is 16.2. The number of rotatable bonds is 6. The summed E-state index contributed by atoms with van der Waals surface area (Å²) in [6, 6.07) is 2.08. The van der Waals surface area contributed by atoms with Gasteiger partial charge in [0.25, 0.3) is 5.56 Å². The van der Waals surface area contributed by atoms with Gasteiger partial charge in [-0.15, -0.1) is 0 Å². The van der Waals surface area contributed by atoms with Gasteiger partial charge in [0.2, 0.25) is 0 Å². The monoisotopic (exact) mass is 265 g/mol. The van der Waals surface area contributed by atoms with E-state index >= 15 is 0 Å². The minimum atomic E-state index is -0.0621. The second kappa shape index (κ2) is 6.82. The molecule has 0 saturated carbocycles. The predicted molar refractivity (Wildman–Crippen MR) is 74.0 cm³/mol. The van der Waals surface area contributed by atoms with Crippen molar-refractivity contribution in [3.63, 3.8) is 0 Å². The number of nitrogens with one attached hydrogen (secondary N) is 1. The van der Waals surface area contributed by atoms with E-state index in [2.05, 4.69) is 14.9 Å². The Kier molecular flexibility index (Phi) is 5.10. The molecule has 5 heteroatoms. The molecule has 0 bridgehead atoms. The van der Waals surface area contributed by atoms with Crippen LogP contribution < -0.4 is 5.56 Å². The number of aromatic nitrogens is 2. The number of hydrogen-bond donors (Lipinski definition) is 2. The fourth-order valence-electron chi connectivity index (χ4n) is 2.77. The van der Waals surface area contributed by atoms with Crippen LogP contribution in [0.1, 0.15) is 44.1 Å². The molecule has 0 spiro atoms. The van der Waals surface area contributed by atoms with Crippen LogP contribution in [0.3, 0.4) is 0 Å². The Labute approximate surface area is 113 Å². The first kappa shape index (κ1) is 14.2. The molecule has 0 radical (unpaired) electrons. The summed E-state index contributed by atoms with van der Waals surface area (Å²) in [4.78, 5) is 21.2. The van der Waals surface area contributed by atoms with Gasteiger partial charge in [-0.25, -0.2) is 4.98 Å². The average molecular weight is 265 g/mol. The van der Waals surface area contributed by atoms with Gasteiger partial charge in [0.15, 0.2) is 0 Å². The molecule has 2 rings (SSSR count). The topological polar surface area (TPSA) is 69.2 Å². The molecule has 1 aromatic heterocycles. The highest BCUT2D eigenvalue weighted by Crippen LogP contribution is 2.22. The van der Waals surface area contributed by atoms with Gasteiger partial charge < -0.3 is 10.1 Å². The molecule has 5 nitrogen and oxygen atoms in total. The highest BCUT2D eigenvalue weighted by Gasteiger charge is 2.24. The molecule has 1 aliphatic rings. The van der Waals surface area contributed by atoms with E-state index in [-0.39, 0.29) is 12.2 Å². The van der Waals surface area contributed by atoms with E-state index < -0.39 is 0 Å². The summed E-state index contributed by atoms with van der Waals surface area (Å²) in [5.41, 5.74) is 0.790. The third-order valence-electron chi connectivity index (χ3n) is 3.75. The van der Waals surface area contributed by atoms with E-state index in [1.165, 1.54) is 12.8 Å². The first-order valence-electron chi connectivity index (χ1n) is 7.17. The number of likely N-dealkylation sites (tertiary alicyclic amines) is 1. The lowest BCUT2D eigenvalue weighted by molar-refractivity contribution is 0.206. The molecule has 0 aliphatic carbocycles. The largest absolute Gasteiger partial charge is 0.396 e. The van der Waals surface area contributed by atoms with Crippen LogP contribution in [0.25, 0.3) is 0 Å². The van der Waals surface area contributed by atoms with E-state index in [0.29, 0.717) is 12.6 Å². The normalized spacial score (nSPS) is 20.0. The Balaban J connectivity index is 2.03. The average Bonchev–Trinajstić information content (AvgIpc) is 2.83. The summed E-state index contributed by atoms with van der Waals surface area (Å²) < 4.78 is 0. The maximum atomic E-state index is 11.6. The second-order valence-corrected chi connectivity index (χ2v) is 5.17. The summed E-state index contributed by atoms with van der Waals surface area (Å²) in [7, 11) is 0. The molecule has 19 heavy (non-hydrogen) atoms. The van der Waals surface area contributed by atoms with Crippen LogP contribution in [0.5, 0.6) is 0 Å². The lowest BCUT2D eigenvalue weighted by atomic mass is 10.1. The third-order valence-corrected chi connectivity index (χ3v) is 3.75. The van der Waals surface area contributed by atoms with Gasteiger partial charge in [0.05, 0.1) is 6.54 Å². The molecular weight excluding hydrogens is 242 g/mol. The van der Waals surface area contributed by atoms with Crippen molar-refractivity contribution in [1.29, 1.82) is 0 Å². The molecule has 1 unspecified atom stereocenters. The Morgan fingerprint density at radius 2 is 2.42 bits per heavy atom. The molecule has 1 aromatic rings. The van der Waals surface area contributed by atoms with Crippen molar-refractivity contribution in [2.45, 2.75) is 51.6 Å². The number of aromatic amines is 1. The molecule has 1 aliphatic heterocycles. The minimum Gasteiger partial charge on any atom is -0.396 e. The van der Waals surface area contributed by atoms with Gasteiger partial charge >= 0.3 is 0 Å². The van der Waals surface area contributed by atoms with Crippen LogP contribution in [-0.4, -0.2) is 39.2 Å². The SMILES string of the molecule is CCc1cc(=O)[nH]c(CN2CCCC2CCCO)n1. The summed E-state index contributed by atoms with van der Waals surface area (Å²) in [5.74, 6) is 0.764. The summed E-state index contributed by atoms with van der Waals surface area (Å²) in [5, 5.41) is 8.93. The highest BCUT2D eigenvalue weighted by molar-refractivity contribution is 5.03. The zero-order chi connectivity index (χ0) is 13.7. The summed E-state index contributed by atoms with van der Waals surface area (Å²) in [6.45, 7) is 4.02. The van der Waals surface area contributed by atoms with Crippen molar-refractivity contribution >= 4 is 0 Å². The van der Waals surface area contributed by atoms with E-state index in [1.807, 2.05) is 6.92 Å². The Bertz CT molecular complexity index is 458. The molecule has 0 aromatic carbocycles. The maximum Gasteiger partial charge on any atom is 0.251 e. The number of hydrogen-bond acceptors (Lipinski definition) is 4. The van der Waals surface area contributed by atoms with Crippen LogP contribution in [0.15, 0.2) is 10.9 Å². The lowest BCUT2D eigenvalue weighted by Gasteiger charge is -2.23. The zero-order valence-corrected chi connectivity index (χ0v) is 11.6. The van der Waals surface area contributed by atoms with Gasteiger partial charge in [-0.05, 0) is 38.6 Å². The van der Waals surface area contributed by atoms with Crippen LogP contribution >= 0.6 is 0 Å². The molecule has 2 N–H and O–H groups in total. The molecule has 1 saturated heterocycles. The van der Waals surface area contributed by atoms with Crippen molar-refractivity contribution in [2.24, 2.45) is 0 Å². The van der Waals surface area contributed by atoms with E-state index in [0.717, 1.165) is 37.3 Å². The van der Waals surface area contributed by atoms with E-state index in [9.17, 15) is 4.79 Å². The zero-order valence-electron chi connectivity index (χ0n) is 11.6. The van der Waals surface area contributed by atoms with Crippen molar-refractivity contribution in [3.8, 4) is 0 Å². The predicted octanol–water partition coefficient (Wildman–Crippen LogP) is 1.07. The van der Waals surface area contributed by atoms with E-state index in [1.54, 1.807) is 6.07 Å². The van der Waals surface area contributed by atoms with Crippen molar-refractivity contribution in [3.05, 3.63) is 27.9 Å². The summed E-state index contributed by atoms with van der Waals surface area (Å²) in [6.07, 6.45) is 5.02. The quantitative estimate of drug-likeness (QED) is 0.807. The third kappa shape index (κ3) is 3.88. The van der Waals surface area contributed by atoms with E-state index in [4.69, 9.17) is 5.11 Å². The molecule has 1 fully saturated rings. The number of aryl methyl sites for hydroxylation is 1. The minimum absolute atomic E-state index is 0.0621. The maximum absolute atomic E-state index is 11.6. The van der Waals surface area contributed by atoms with Crippen molar-refractivity contribution in [2.75, 3.05) is 13.2 Å². The van der Waals surface area contributed by atoms with Crippen LogP contribution in [0.4, 0.5) is 0 Å². The fraction of sp³-hybridized carbons (Fsp3) is 0.714. The molecule has 1 atom stereocenters. The Morgan fingerprint density at radius 1 is 1.58 bits per heavy atom. The first-order chi connectivity index (χ1) is 9.22. The Morgan fingerprint density at radius 3 is 3.16 bits per heavy atom. The lowest BCUT2D eigenvalue weighted by Crippen LogP contribution is -2.31. The van der Waals surface area contributed by atoms with Crippen LogP contribution in [0.2, 0.25) is 0 Å². The Hall–Kier alpha value is -1.20.